The number of ether oxygens (including phenoxy) is 1. The zero-order valence-corrected chi connectivity index (χ0v) is 14.1. The summed E-state index contributed by atoms with van der Waals surface area (Å²) < 4.78 is 6.32. The maximum absolute atomic E-state index is 6.12. The molecule has 12 heavy (non-hydrogen) atoms. The maximum atomic E-state index is 6.12. The second-order valence-corrected chi connectivity index (χ2v) is 11.7. The normalized spacial score (nSPS) is 31.8. The Morgan fingerprint density at radius 2 is 1.83 bits per heavy atom. The van der Waals surface area contributed by atoms with Crippen molar-refractivity contribution in [3.8, 4) is 0 Å². The molecule has 0 spiro atoms. The summed E-state index contributed by atoms with van der Waals surface area (Å²) in [6, 6.07) is 0. The average molecular weight is 377 g/mol. The van der Waals surface area contributed by atoms with Crippen molar-refractivity contribution in [3.63, 3.8) is 0 Å². The molecule has 0 aromatic carbocycles. The number of methoxy groups -OCH3 is 1. The van der Waals surface area contributed by atoms with Gasteiger partial charge in [0.1, 0.15) is 0 Å². The molecule has 2 atom stereocenters. The Kier molecular flexibility index (Phi) is 6.20. The monoisotopic (exact) mass is 378 g/mol. The molecular weight excluding hydrogens is 360 g/mol. The van der Waals surface area contributed by atoms with Crippen LogP contribution in [0.4, 0.5) is 0 Å². The minimum atomic E-state index is -1.07. The molecule has 0 amide bonds. The van der Waals surface area contributed by atoms with Crippen LogP contribution in [0, 0.1) is 0 Å². The van der Waals surface area contributed by atoms with E-state index in [1.165, 1.54) is 38.5 Å². The fraction of sp³-hybridized carbons (Fsp3) is 1.00. The van der Waals surface area contributed by atoms with Crippen LogP contribution in [0.15, 0.2) is 0 Å². The van der Waals surface area contributed by atoms with Crippen LogP contribution in [0.1, 0.15) is 38.5 Å². The SMILES string of the molecule is CO[C@H]1CCCCCC[C@@H]1[Hg][Cl]. The fourth-order valence-corrected chi connectivity index (χ4v) is 9.27. The van der Waals surface area contributed by atoms with Crippen molar-refractivity contribution >= 4 is 8.25 Å². The number of hydrogen-bond acceptors (Lipinski definition) is 1. The van der Waals surface area contributed by atoms with Crippen molar-refractivity contribution in [1.29, 1.82) is 0 Å². The number of rotatable bonds is 2. The molecule has 0 bridgehead atoms. The molecule has 0 saturated heterocycles. The summed E-state index contributed by atoms with van der Waals surface area (Å²) in [4.78, 5) is 0. The van der Waals surface area contributed by atoms with Crippen LogP contribution in [0.5, 0.6) is 0 Å². The molecule has 1 saturated carbocycles. The predicted octanol–water partition coefficient (Wildman–Crippen LogP) is 3.38. The first-order chi connectivity index (χ1) is 5.88. The Morgan fingerprint density at radius 1 is 1.17 bits per heavy atom. The van der Waals surface area contributed by atoms with Gasteiger partial charge in [-0.2, -0.15) is 0 Å². The van der Waals surface area contributed by atoms with Gasteiger partial charge < -0.3 is 0 Å². The van der Waals surface area contributed by atoms with Crippen molar-refractivity contribution in [2.24, 2.45) is 0 Å². The van der Waals surface area contributed by atoms with E-state index in [0.717, 1.165) is 3.43 Å². The Hall–Kier alpha value is 1.19. The second kappa shape index (κ2) is 6.61. The van der Waals surface area contributed by atoms with E-state index in [-0.39, 0.29) is 0 Å². The van der Waals surface area contributed by atoms with Crippen LogP contribution in [0.2, 0.25) is 3.43 Å². The molecule has 3 heteroatoms. The van der Waals surface area contributed by atoms with Gasteiger partial charge in [-0.3, -0.25) is 0 Å². The van der Waals surface area contributed by atoms with Gasteiger partial charge in [-0.15, -0.1) is 0 Å². The number of hydrogen-bond donors (Lipinski definition) is 0. The summed E-state index contributed by atoms with van der Waals surface area (Å²) >= 11 is -1.07. The Labute approximate surface area is 91.1 Å². The van der Waals surface area contributed by atoms with Crippen molar-refractivity contribution in [2.45, 2.75) is 48.1 Å². The summed E-state index contributed by atoms with van der Waals surface area (Å²) in [6.07, 6.45) is 8.67. The van der Waals surface area contributed by atoms with E-state index in [1.54, 1.807) is 0 Å². The first-order valence-electron chi connectivity index (χ1n) is 4.97. The van der Waals surface area contributed by atoms with Gasteiger partial charge in [-0.1, -0.05) is 0 Å². The van der Waals surface area contributed by atoms with Crippen molar-refractivity contribution in [2.75, 3.05) is 7.11 Å². The van der Waals surface area contributed by atoms with Gasteiger partial charge in [0.05, 0.1) is 0 Å². The van der Waals surface area contributed by atoms with Crippen LogP contribution in [0.25, 0.3) is 0 Å². The summed E-state index contributed by atoms with van der Waals surface area (Å²) in [5.74, 6) is 0. The van der Waals surface area contributed by atoms with E-state index in [0.29, 0.717) is 6.10 Å². The Balaban J connectivity index is 2.39. The first-order valence-corrected chi connectivity index (χ1v) is 14.9. The third kappa shape index (κ3) is 3.51. The van der Waals surface area contributed by atoms with Crippen LogP contribution in [-0.2, 0) is 28.1 Å². The van der Waals surface area contributed by atoms with E-state index in [1.807, 2.05) is 7.11 Å². The molecule has 1 aliphatic carbocycles. The molecule has 0 aliphatic heterocycles. The molecule has 0 aromatic rings. The molecule has 0 heterocycles. The quantitative estimate of drug-likeness (QED) is 0.671. The van der Waals surface area contributed by atoms with Crippen molar-refractivity contribution in [3.05, 3.63) is 0 Å². The molecule has 0 unspecified atom stereocenters. The van der Waals surface area contributed by atoms with E-state index in [2.05, 4.69) is 0 Å². The third-order valence-corrected chi connectivity index (χ3v) is 11.5. The molecule has 0 radical (unpaired) electrons. The van der Waals surface area contributed by atoms with E-state index in [4.69, 9.17) is 13.0 Å². The molecule has 1 nitrogen and oxygen atoms in total. The zero-order chi connectivity index (χ0) is 8.81. The molecule has 68 valence electrons. The standard InChI is InChI=1S/C9H17O.ClH.Hg/c1-10-9-7-5-3-2-4-6-8-9;;/h7,9H,2-6,8H2,1H3;1H;/q;;+1/p-1/t9-;;/m1../s1. The van der Waals surface area contributed by atoms with Crippen LogP contribution >= 0.6 is 8.25 Å². The second-order valence-electron chi connectivity index (χ2n) is 3.68. The van der Waals surface area contributed by atoms with Crippen LogP contribution in [-0.4, -0.2) is 13.2 Å². The Bertz CT molecular complexity index is 107. The summed E-state index contributed by atoms with van der Waals surface area (Å²) in [6.45, 7) is 0. The third-order valence-electron chi connectivity index (χ3n) is 2.84. The number of halogens is 1. The van der Waals surface area contributed by atoms with E-state index in [9.17, 15) is 0 Å². The zero-order valence-electron chi connectivity index (χ0n) is 7.89. The van der Waals surface area contributed by atoms with E-state index >= 15 is 0 Å². The van der Waals surface area contributed by atoms with Gasteiger partial charge in [-0.25, -0.2) is 0 Å². The average Bonchev–Trinajstić information content (AvgIpc) is 2.05. The van der Waals surface area contributed by atoms with Gasteiger partial charge in [0, 0.05) is 0 Å². The van der Waals surface area contributed by atoms with Crippen molar-refractivity contribution < 1.29 is 28.1 Å². The fourth-order valence-electron chi connectivity index (χ4n) is 2.01. The Morgan fingerprint density at radius 3 is 2.42 bits per heavy atom. The first kappa shape index (κ1) is 11.3. The van der Waals surface area contributed by atoms with Crippen LogP contribution < -0.4 is 0 Å². The molecule has 0 aromatic heterocycles. The minimum absolute atomic E-state index is 0.518. The van der Waals surface area contributed by atoms with Gasteiger partial charge in [0.25, 0.3) is 0 Å². The summed E-state index contributed by atoms with van der Waals surface area (Å²) in [5.41, 5.74) is 0. The molecule has 0 N–H and O–H groups in total. The molecule has 1 rings (SSSR count). The molecule has 1 fully saturated rings. The summed E-state index contributed by atoms with van der Waals surface area (Å²) in [5, 5.41) is 0. The van der Waals surface area contributed by atoms with Gasteiger partial charge in [0.2, 0.25) is 0 Å². The van der Waals surface area contributed by atoms with E-state index < -0.39 is 23.3 Å². The molecular formula is C9H17ClHgO. The topological polar surface area (TPSA) is 9.23 Å². The van der Waals surface area contributed by atoms with Crippen LogP contribution in [0.3, 0.4) is 0 Å². The van der Waals surface area contributed by atoms with Gasteiger partial charge in [0.15, 0.2) is 0 Å². The van der Waals surface area contributed by atoms with Gasteiger partial charge in [-0.05, 0) is 0 Å². The summed E-state index contributed by atoms with van der Waals surface area (Å²) in [7, 11) is 7.97. The van der Waals surface area contributed by atoms with Gasteiger partial charge >= 0.3 is 91.5 Å². The molecule has 1 aliphatic rings. The predicted molar refractivity (Wildman–Crippen MR) is 48.1 cm³/mol. The van der Waals surface area contributed by atoms with Crippen molar-refractivity contribution in [1.82, 2.24) is 0 Å².